The fraction of sp³-hybridized carbons (Fsp3) is 0.167. The van der Waals surface area contributed by atoms with Crippen LogP contribution in [0.2, 0.25) is 0 Å². The maximum Gasteiger partial charge on any atom is 0.314 e. The van der Waals surface area contributed by atoms with Crippen LogP contribution in [0.3, 0.4) is 0 Å². The molecule has 0 aliphatic carbocycles. The van der Waals surface area contributed by atoms with Crippen LogP contribution in [0.15, 0.2) is 52.9 Å². The van der Waals surface area contributed by atoms with E-state index in [4.69, 9.17) is 4.42 Å². The highest BCUT2D eigenvalue weighted by atomic mass is 19.3. The fourth-order valence-electron chi connectivity index (χ4n) is 2.87. The lowest BCUT2D eigenvalue weighted by Gasteiger charge is -2.15. The van der Waals surface area contributed by atoms with Gasteiger partial charge in [-0.3, -0.25) is 4.79 Å². The number of alkyl halides is 2. The Balaban J connectivity index is 1.59. The average Bonchev–Trinajstić information content (AvgIpc) is 3.22. The number of hydrogen-bond donors (Lipinski definition) is 0. The summed E-state index contributed by atoms with van der Waals surface area (Å²) in [5.74, 6) is -0.853. The summed E-state index contributed by atoms with van der Waals surface area (Å²) in [5, 5.41) is 6.94. The molecular weight excluding hydrogens is 328 g/mol. The van der Waals surface area contributed by atoms with Crippen LogP contribution in [0.25, 0.3) is 11.5 Å². The highest BCUT2D eigenvalue weighted by Crippen LogP contribution is 2.30. The van der Waals surface area contributed by atoms with Crippen molar-refractivity contribution in [3.8, 4) is 11.5 Å². The van der Waals surface area contributed by atoms with Crippen molar-refractivity contribution in [2.24, 2.45) is 0 Å². The zero-order chi connectivity index (χ0) is 17.4. The lowest BCUT2D eigenvalue weighted by atomic mass is 10.1. The smallest absolute Gasteiger partial charge is 0.314 e. The predicted molar refractivity (Wildman–Crippen MR) is 84.7 cm³/mol. The second kappa shape index (κ2) is 6.08. The number of fused-ring (bicyclic) bond motifs is 1. The third kappa shape index (κ3) is 2.88. The summed E-state index contributed by atoms with van der Waals surface area (Å²) in [7, 11) is 0. The second-order valence-electron chi connectivity index (χ2n) is 5.76. The molecule has 3 aromatic rings. The Hall–Kier alpha value is -3.09. The summed E-state index contributed by atoms with van der Waals surface area (Å²) in [6, 6.07) is 14.8. The van der Waals surface area contributed by atoms with E-state index in [1.165, 1.54) is 0 Å². The summed E-state index contributed by atoms with van der Waals surface area (Å²) in [6.07, 6.45) is -2.82. The van der Waals surface area contributed by atoms with Crippen molar-refractivity contribution in [3.05, 3.63) is 71.1 Å². The number of amides is 1. The van der Waals surface area contributed by atoms with Crippen molar-refractivity contribution in [3.63, 3.8) is 0 Å². The van der Waals surface area contributed by atoms with E-state index in [0.29, 0.717) is 24.2 Å². The molecule has 0 atom stereocenters. The van der Waals surface area contributed by atoms with E-state index in [0.717, 1.165) is 11.1 Å². The van der Waals surface area contributed by atoms with Crippen molar-refractivity contribution in [1.82, 2.24) is 15.1 Å². The molecule has 0 unspecified atom stereocenters. The Labute approximate surface area is 141 Å². The molecule has 126 valence electrons. The molecule has 1 aliphatic heterocycles. The van der Waals surface area contributed by atoms with Crippen LogP contribution in [0, 0.1) is 0 Å². The number of hydrogen-bond acceptors (Lipinski definition) is 4. The monoisotopic (exact) mass is 341 g/mol. The van der Waals surface area contributed by atoms with Crippen LogP contribution in [0.5, 0.6) is 0 Å². The van der Waals surface area contributed by atoms with Gasteiger partial charge in [0.1, 0.15) is 0 Å². The highest BCUT2D eigenvalue weighted by molar-refractivity contribution is 5.99. The quantitative estimate of drug-likeness (QED) is 0.724. The first-order valence-electron chi connectivity index (χ1n) is 7.70. The molecule has 1 aromatic heterocycles. The maximum atomic E-state index is 12.6. The molecule has 0 saturated heterocycles. The molecule has 0 bridgehead atoms. The summed E-state index contributed by atoms with van der Waals surface area (Å²) >= 11 is 0. The highest BCUT2D eigenvalue weighted by Gasteiger charge is 2.28. The van der Waals surface area contributed by atoms with Crippen LogP contribution in [0.4, 0.5) is 8.78 Å². The van der Waals surface area contributed by atoms with Gasteiger partial charge in [0.2, 0.25) is 5.89 Å². The van der Waals surface area contributed by atoms with Crippen molar-refractivity contribution in [2.45, 2.75) is 19.5 Å². The van der Waals surface area contributed by atoms with E-state index in [1.54, 1.807) is 23.1 Å². The van der Waals surface area contributed by atoms with Gasteiger partial charge in [-0.25, -0.2) is 0 Å². The van der Waals surface area contributed by atoms with Crippen molar-refractivity contribution in [2.75, 3.05) is 0 Å². The van der Waals surface area contributed by atoms with Gasteiger partial charge in [0.05, 0.1) is 0 Å². The molecular formula is C18H13F2N3O2. The molecule has 7 heteroatoms. The fourth-order valence-corrected chi connectivity index (χ4v) is 2.87. The number of nitrogens with zero attached hydrogens (tertiary/aromatic N) is 3. The van der Waals surface area contributed by atoms with E-state index in [1.807, 2.05) is 30.3 Å². The topological polar surface area (TPSA) is 59.2 Å². The first kappa shape index (κ1) is 15.4. The minimum Gasteiger partial charge on any atom is -0.415 e. The third-order valence-electron chi connectivity index (χ3n) is 4.08. The summed E-state index contributed by atoms with van der Waals surface area (Å²) in [5.41, 5.74) is 2.92. The van der Waals surface area contributed by atoms with Gasteiger partial charge in [0, 0.05) is 24.2 Å². The zero-order valence-corrected chi connectivity index (χ0v) is 13.0. The molecule has 0 radical (unpaired) electrons. The molecule has 0 saturated carbocycles. The van der Waals surface area contributed by atoms with Crippen LogP contribution >= 0.6 is 0 Å². The van der Waals surface area contributed by atoms with Crippen LogP contribution in [0.1, 0.15) is 33.8 Å². The number of rotatable bonds is 4. The molecule has 0 fully saturated rings. The Kier molecular flexibility index (Phi) is 3.76. The zero-order valence-electron chi connectivity index (χ0n) is 13.0. The molecule has 1 amide bonds. The van der Waals surface area contributed by atoms with Gasteiger partial charge >= 0.3 is 6.43 Å². The van der Waals surface area contributed by atoms with E-state index >= 15 is 0 Å². The lowest BCUT2D eigenvalue weighted by Crippen LogP contribution is -2.23. The second-order valence-corrected chi connectivity index (χ2v) is 5.76. The van der Waals surface area contributed by atoms with Gasteiger partial charge in [-0.2, -0.15) is 8.78 Å². The average molecular weight is 341 g/mol. The molecule has 2 heterocycles. The minimum atomic E-state index is -2.82. The van der Waals surface area contributed by atoms with Gasteiger partial charge in [-0.1, -0.05) is 36.4 Å². The molecule has 0 spiro atoms. The first-order valence-corrected chi connectivity index (χ1v) is 7.70. The third-order valence-corrected chi connectivity index (χ3v) is 4.08. The predicted octanol–water partition coefficient (Wildman–Crippen LogP) is 3.83. The van der Waals surface area contributed by atoms with Crippen molar-refractivity contribution >= 4 is 5.91 Å². The number of carbonyl (C=O) groups excluding carboxylic acids is 1. The Morgan fingerprint density at radius 3 is 2.64 bits per heavy atom. The van der Waals surface area contributed by atoms with Gasteiger partial charge in [0.25, 0.3) is 11.8 Å². The first-order chi connectivity index (χ1) is 12.1. The number of benzene rings is 2. The number of aromatic nitrogens is 2. The maximum absolute atomic E-state index is 12.6. The molecule has 0 N–H and O–H groups in total. The van der Waals surface area contributed by atoms with Crippen LogP contribution in [-0.4, -0.2) is 21.0 Å². The van der Waals surface area contributed by atoms with E-state index in [-0.39, 0.29) is 11.8 Å². The Morgan fingerprint density at radius 1 is 1.12 bits per heavy atom. The SMILES string of the molecule is O=C1c2cc(-c3nnc(C(F)F)o3)ccc2CN1Cc1ccccc1. The van der Waals surface area contributed by atoms with E-state index in [2.05, 4.69) is 10.2 Å². The Morgan fingerprint density at radius 2 is 1.92 bits per heavy atom. The molecule has 2 aromatic carbocycles. The molecule has 4 rings (SSSR count). The normalized spacial score (nSPS) is 13.6. The summed E-state index contributed by atoms with van der Waals surface area (Å²) in [6.45, 7) is 1.02. The van der Waals surface area contributed by atoms with Crippen molar-refractivity contribution < 1.29 is 18.0 Å². The Bertz CT molecular complexity index is 925. The largest absolute Gasteiger partial charge is 0.415 e. The molecule has 5 nitrogen and oxygen atoms in total. The van der Waals surface area contributed by atoms with Gasteiger partial charge in [-0.05, 0) is 23.3 Å². The molecule has 1 aliphatic rings. The van der Waals surface area contributed by atoms with Gasteiger partial charge < -0.3 is 9.32 Å². The number of carbonyl (C=O) groups is 1. The van der Waals surface area contributed by atoms with Gasteiger partial charge in [0.15, 0.2) is 0 Å². The van der Waals surface area contributed by atoms with Crippen LogP contribution in [-0.2, 0) is 13.1 Å². The van der Waals surface area contributed by atoms with Crippen molar-refractivity contribution in [1.29, 1.82) is 0 Å². The van der Waals surface area contributed by atoms with Crippen LogP contribution < -0.4 is 0 Å². The van der Waals surface area contributed by atoms with E-state index in [9.17, 15) is 13.6 Å². The number of halogens is 2. The summed E-state index contributed by atoms with van der Waals surface area (Å²) in [4.78, 5) is 14.4. The van der Waals surface area contributed by atoms with E-state index < -0.39 is 12.3 Å². The lowest BCUT2D eigenvalue weighted by molar-refractivity contribution is 0.0766. The molecule has 25 heavy (non-hydrogen) atoms. The summed E-state index contributed by atoms with van der Waals surface area (Å²) < 4.78 is 30.1. The van der Waals surface area contributed by atoms with Gasteiger partial charge in [-0.15, -0.1) is 10.2 Å². The standard InChI is InChI=1S/C18H13F2N3O2/c19-15(20)17-22-21-16(25-17)12-6-7-13-10-23(18(24)14(13)8-12)9-11-4-2-1-3-5-11/h1-8,15H,9-10H2. The minimum absolute atomic E-state index is 0.0209.